The van der Waals surface area contributed by atoms with Crippen LogP contribution in [0.5, 0.6) is 0 Å². The molecule has 0 aromatic carbocycles. The minimum atomic E-state index is 0.927. The molecule has 0 bridgehead atoms. The summed E-state index contributed by atoms with van der Waals surface area (Å²) in [4.78, 5) is 3.47. The Labute approximate surface area is 85.6 Å². The second kappa shape index (κ2) is 4.86. The molecule has 0 aliphatic heterocycles. The maximum absolute atomic E-state index is 5.37. The average Bonchev–Trinajstić information content (AvgIpc) is 2.56. The lowest BCUT2D eigenvalue weighted by Gasteiger charge is -2.15. The van der Waals surface area contributed by atoms with Gasteiger partial charge in [0.2, 0.25) is 0 Å². The maximum Gasteiger partial charge on any atom is 0.149 e. The molecule has 0 saturated heterocycles. The molecule has 0 aliphatic rings. The number of hydrogen-bond donors (Lipinski definition) is 1. The Bertz CT molecular complexity index is 286. The lowest BCUT2D eigenvalue weighted by molar-refractivity contribution is -0.851. The minimum absolute atomic E-state index is 0.927. The second-order valence-electron chi connectivity index (χ2n) is 3.87. The molecule has 0 spiro atoms. The van der Waals surface area contributed by atoms with E-state index in [1.807, 2.05) is 26.2 Å². The van der Waals surface area contributed by atoms with Gasteiger partial charge in [-0.2, -0.15) is 0 Å². The molecule has 14 heavy (non-hydrogen) atoms. The second-order valence-corrected chi connectivity index (χ2v) is 3.87. The van der Waals surface area contributed by atoms with Crippen molar-refractivity contribution in [2.75, 3.05) is 34.7 Å². The van der Waals surface area contributed by atoms with Crippen LogP contribution in [0, 0.1) is 0 Å². The van der Waals surface area contributed by atoms with E-state index in [1.54, 1.807) is 6.26 Å². The zero-order valence-electron chi connectivity index (χ0n) is 9.37. The summed E-state index contributed by atoms with van der Waals surface area (Å²) in [6.45, 7) is 0.994. The Kier molecular flexibility index (Phi) is 3.77. The quantitative estimate of drug-likeness (QED) is 0.747. The van der Waals surface area contributed by atoms with Crippen LogP contribution in [-0.4, -0.2) is 39.6 Å². The van der Waals surface area contributed by atoms with Crippen LogP contribution in [0.3, 0.4) is 0 Å². The summed E-state index contributed by atoms with van der Waals surface area (Å²) in [5.74, 6) is 0.927. The van der Waals surface area contributed by atoms with Gasteiger partial charge in [0.25, 0.3) is 0 Å². The fraction of sp³-hybridized carbons (Fsp3) is 0.455. The minimum Gasteiger partial charge on any atom is -0.463 e. The molecule has 3 nitrogen and oxygen atoms in total. The van der Waals surface area contributed by atoms with Crippen molar-refractivity contribution in [1.29, 1.82) is 0 Å². The molecule has 1 heterocycles. The smallest absolute Gasteiger partial charge is 0.149 e. The molecule has 1 aromatic rings. The van der Waals surface area contributed by atoms with Crippen molar-refractivity contribution in [2.24, 2.45) is 0 Å². The van der Waals surface area contributed by atoms with Gasteiger partial charge in [0.15, 0.2) is 0 Å². The molecular weight excluding hydrogens is 176 g/mol. The van der Waals surface area contributed by atoms with Crippen LogP contribution in [0.1, 0.15) is 5.76 Å². The van der Waals surface area contributed by atoms with Gasteiger partial charge in [-0.25, -0.2) is 0 Å². The van der Waals surface area contributed by atoms with E-state index < -0.39 is 0 Å². The van der Waals surface area contributed by atoms with Crippen molar-refractivity contribution in [3.8, 4) is 0 Å². The summed E-state index contributed by atoms with van der Waals surface area (Å²) in [5.41, 5.74) is 1.14. The third-order valence-electron chi connectivity index (χ3n) is 1.96. The summed E-state index contributed by atoms with van der Waals surface area (Å²) in [6, 6.07) is 3.89. The van der Waals surface area contributed by atoms with Crippen molar-refractivity contribution < 1.29 is 9.32 Å². The fourth-order valence-electron chi connectivity index (χ4n) is 1.23. The van der Waals surface area contributed by atoms with E-state index in [1.165, 1.54) is 4.90 Å². The Hall–Kier alpha value is -1.22. The number of quaternary nitrogens is 1. The molecule has 0 unspecified atom stereocenters. The Morgan fingerprint density at radius 1 is 1.50 bits per heavy atom. The van der Waals surface area contributed by atoms with Gasteiger partial charge in [0.05, 0.1) is 32.6 Å². The molecule has 0 fully saturated rings. The molecule has 0 atom stereocenters. The van der Waals surface area contributed by atoms with Crippen molar-refractivity contribution in [1.82, 2.24) is 4.90 Å². The van der Waals surface area contributed by atoms with E-state index in [0.29, 0.717) is 0 Å². The summed E-state index contributed by atoms with van der Waals surface area (Å²) in [7, 11) is 8.32. The van der Waals surface area contributed by atoms with Crippen LogP contribution in [-0.2, 0) is 0 Å². The van der Waals surface area contributed by atoms with Crippen LogP contribution in [0.2, 0.25) is 0 Å². The zero-order chi connectivity index (χ0) is 10.6. The van der Waals surface area contributed by atoms with Crippen molar-refractivity contribution in [3.05, 3.63) is 30.2 Å². The number of nitrogens with one attached hydrogen (secondary N) is 1. The largest absolute Gasteiger partial charge is 0.463 e. The third kappa shape index (κ3) is 2.92. The van der Waals surface area contributed by atoms with Gasteiger partial charge in [-0.1, -0.05) is 0 Å². The van der Waals surface area contributed by atoms with Crippen molar-refractivity contribution in [3.63, 3.8) is 0 Å². The number of nitrogens with zero attached hydrogens (tertiary/aromatic N) is 1. The first-order chi connectivity index (χ1) is 6.61. The monoisotopic (exact) mass is 195 g/mol. The van der Waals surface area contributed by atoms with E-state index in [2.05, 4.69) is 25.1 Å². The van der Waals surface area contributed by atoms with Crippen molar-refractivity contribution >= 4 is 5.70 Å². The normalized spacial score (nSPS) is 12.2. The molecule has 78 valence electrons. The van der Waals surface area contributed by atoms with Crippen molar-refractivity contribution in [2.45, 2.75) is 0 Å². The summed E-state index contributed by atoms with van der Waals surface area (Å²) < 4.78 is 5.37. The van der Waals surface area contributed by atoms with Gasteiger partial charge in [-0.3, -0.25) is 0 Å². The number of hydrogen-bond acceptors (Lipinski definition) is 2. The molecule has 1 N–H and O–H groups in total. The van der Waals surface area contributed by atoms with Gasteiger partial charge in [-0.15, -0.1) is 0 Å². The topological polar surface area (TPSA) is 20.8 Å². The molecule has 3 heteroatoms. The van der Waals surface area contributed by atoms with Crippen LogP contribution in [0.25, 0.3) is 5.70 Å². The number of rotatable bonds is 4. The molecule has 0 amide bonds. The maximum atomic E-state index is 5.37. The SMILES string of the molecule is CN(C)/C(=C\C[NH+](C)C)c1ccco1. The highest BCUT2D eigenvalue weighted by Crippen LogP contribution is 2.15. The van der Waals surface area contributed by atoms with E-state index >= 15 is 0 Å². The zero-order valence-corrected chi connectivity index (χ0v) is 9.37. The molecule has 0 radical (unpaired) electrons. The molecule has 0 saturated carbocycles. The Morgan fingerprint density at radius 2 is 2.21 bits per heavy atom. The summed E-state index contributed by atoms with van der Waals surface area (Å²) in [5, 5.41) is 0. The number of furan rings is 1. The third-order valence-corrected chi connectivity index (χ3v) is 1.96. The van der Waals surface area contributed by atoms with Gasteiger partial charge in [0.1, 0.15) is 5.76 Å². The summed E-state index contributed by atoms with van der Waals surface area (Å²) in [6.07, 6.45) is 3.89. The van der Waals surface area contributed by atoms with Gasteiger partial charge in [-0.05, 0) is 18.2 Å². The van der Waals surface area contributed by atoms with E-state index in [9.17, 15) is 0 Å². The van der Waals surface area contributed by atoms with Crippen LogP contribution >= 0.6 is 0 Å². The lowest BCUT2D eigenvalue weighted by Crippen LogP contribution is -3.05. The highest BCUT2D eigenvalue weighted by molar-refractivity contribution is 5.59. The molecular formula is C11H19N2O+. The highest BCUT2D eigenvalue weighted by Gasteiger charge is 2.06. The first-order valence-corrected chi connectivity index (χ1v) is 4.81. The van der Waals surface area contributed by atoms with Gasteiger partial charge < -0.3 is 14.2 Å². The standard InChI is InChI=1S/C11H18N2O/c1-12(2)8-7-10(13(3)4)11-6-5-9-14-11/h5-7,9H,8H2,1-4H3/p+1/b10-7-. The summed E-state index contributed by atoms with van der Waals surface area (Å²) >= 11 is 0. The predicted molar refractivity (Wildman–Crippen MR) is 58.0 cm³/mol. The average molecular weight is 195 g/mol. The van der Waals surface area contributed by atoms with Gasteiger partial charge in [0, 0.05) is 14.1 Å². The number of likely N-dealkylation sites (N-methyl/N-ethyl adjacent to an activating group) is 1. The van der Waals surface area contributed by atoms with E-state index in [-0.39, 0.29) is 0 Å². The van der Waals surface area contributed by atoms with E-state index in [4.69, 9.17) is 4.42 Å². The first-order valence-electron chi connectivity index (χ1n) is 4.81. The Balaban J connectivity index is 2.80. The van der Waals surface area contributed by atoms with Crippen LogP contribution < -0.4 is 4.90 Å². The highest BCUT2D eigenvalue weighted by atomic mass is 16.3. The van der Waals surface area contributed by atoms with Gasteiger partial charge >= 0.3 is 0 Å². The van der Waals surface area contributed by atoms with Crippen LogP contribution in [0.15, 0.2) is 28.9 Å². The van der Waals surface area contributed by atoms with E-state index in [0.717, 1.165) is 18.0 Å². The predicted octanol–water partition coefficient (Wildman–Crippen LogP) is 0.327. The molecule has 0 aliphatic carbocycles. The lowest BCUT2D eigenvalue weighted by atomic mass is 10.3. The fourth-order valence-corrected chi connectivity index (χ4v) is 1.23. The molecule has 1 aromatic heterocycles. The first kappa shape index (κ1) is 10.9. The van der Waals surface area contributed by atoms with Crippen LogP contribution in [0.4, 0.5) is 0 Å². The Morgan fingerprint density at radius 3 is 2.64 bits per heavy atom. The molecule has 1 rings (SSSR count).